The van der Waals surface area contributed by atoms with Crippen molar-refractivity contribution in [3.63, 3.8) is 0 Å². The number of halogens is 2. The van der Waals surface area contributed by atoms with Crippen molar-refractivity contribution in [3.8, 4) is 0 Å². The molecule has 26 heavy (non-hydrogen) atoms. The van der Waals surface area contributed by atoms with E-state index < -0.39 is 29.1 Å². The summed E-state index contributed by atoms with van der Waals surface area (Å²) < 4.78 is 30.5. The molecule has 138 valence electrons. The monoisotopic (exact) mass is 415 g/mol. The predicted octanol–water partition coefficient (Wildman–Crippen LogP) is 3.04. The van der Waals surface area contributed by atoms with E-state index in [-0.39, 0.29) is 20.7 Å². The maximum absolute atomic E-state index is 12.4. The molecule has 0 bridgehead atoms. The van der Waals surface area contributed by atoms with Crippen LogP contribution in [0.25, 0.3) is 0 Å². The molecule has 0 heterocycles. The molecule has 2 rings (SSSR count). The zero-order chi connectivity index (χ0) is 19.3. The zero-order valence-corrected chi connectivity index (χ0v) is 16.0. The lowest BCUT2D eigenvalue weighted by molar-refractivity contribution is -0.142. The number of carbonyl (C=O) groups is 2. The van der Waals surface area contributed by atoms with E-state index in [0.29, 0.717) is 5.56 Å². The molecule has 0 N–H and O–H groups in total. The van der Waals surface area contributed by atoms with Gasteiger partial charge in [-0.25, -0.2) is 8.42 Å². The first kappa shape index (κ1) is 20.4. The maximum atomic E-state index is 12.4. The van der Waals surface area contributed by atoms with E-state index in [1.165, 1.54) is 25.2 Å². The van der Waals surface area contributed by atoms with Crippen molar-refractivity contribution in [2.45, 2.75) is 4.90 Å². The van der Waals surface area contributed by atoms with Crippen LogP contribution in [0.4, 0.5) is 0 Å². The smallest absolute Gasteiger partial charge is 0.321 e. The van der Waals surface area contributed by atoms with Gasteiger partial charge in [0.1, 0.15) is 6.54 Å². The molecule has 0 aromatic heterocycles. The quantitative estimate of drug-likeness (QED) is 0.512. The largest absolute Gasteiger partial charge is 0.456 e. The number of esters is 1. The SMILES string of the molecule is CN(CC(=O)OCC(=O)c1ccccc1)S(=O)(=O)c1ccc(Cl)c(Cl)c1. The molecule has 0 spiro atoms. The van der Waals surface area contributed by atoms with Gasteiger partial charge < -0.3 is 4.74 Å². The first-order valence-electron chi connectivity index (χ1n) is 7.37. The molecule has 0 saturated heterocycles. The first-order chi connectivity index (χ1) is 12.2. The molecule has 0 aliphatic rings. The minimum absolute atomic E-state index is 0.0807. The second kappa shape index (κ2) is 8.64. The van der Waals surface area contributed by atoms with Crippen LogP contribution in [-0.2, 0) is 19.6 Å². The van der Waals surface area contributed by atoms with Gasteiger partial charge >= 0.3 is 5.97 Å². The molecule has 0 aliphatic carbocycles. The van der Waals surface area contributed by atoms with E-state index in [9.17, 15) is 18.0 Å². The Balaban J connectivity index is 1.97. The Hall–Kier alpha value is -1.93. The first-order valence-corrected chi connectivity index (χ1v) is 9.56. The third kappa shape index (κ3) is 5.04. The van der Waals surface area contributed by atoms with E-state index in [4.69, 9.17) is 27.9 Å². The molecule has 0 atom stereocenters. The number of hydrogen-bond acceptors (Lipinski definition) is 5. The van der Waals surface area contributed by atoms with Gasteiger partial charge in [0.15, 0.2) is 12.4 Å². The minimum Gasteiger partial charge on any atom is -0.456 e. The Kier molecular flexibility index (Phi) is 6.77. The van der Waals surface area contributed by atoms with Crippen LogP contribution in [0.3, 0.4) is 0 Å². The maximum Gasteiger partial charge on any atom is 0.321 e. The molecule has 0 aliphatic heterocycles. The van der Waals surface area contributed by atoms with E-state index in [2.05, 4.69) is 0 Å². The number of ether oxygens (including phenoxy) is 1. The van der Waals surface area contributed by atoms with Crippen LogP contribution in [0, 0.1) is 0 Å². The predicted molar refractivity (Wildman–Crippen MR) is 98.0 cm³/mol. The highest BCUT2D eigenvalue weighted by Gasteiger charge is 2.24. The number of hydrogen-bond donors (Lipinski definition) is 0. The van der Waals surface area contributed by atoms with E-state index in [1.807, 2.05) is 0 Å². The highest BCUT2D eigenvalue weighted by Crippen LogP contribution is 2.26. The summed E-state index contributed by atoms with van der Waals surface area (Å²) in [5.74, 6) is -1.23. The van der Waals surface area contributed by atoms with Gasteiger partial charge in [-0.3, -0.25) is 9.59 Å². The van der Waals surface area contributed by atoms with Gasteiger partial charge in [0.2, 0.25) is 10.0 Å². The Labute approximate surface area is 161 Å². The van der Waals surface area contributed by atoms with Gasteiger partial charge in [-0.05, 0) is 18.2 Å². The summed E-state index contributed by atoms with van der Waals surface area (Å²) in [6, 6.07) is 12.1. The molecular weight excluding hydrogens is 401 g/mol. The van der Waals surface area contributed by atoms with Gasteiger partial charge in [-0.1, -0.05) is 53.5 Å². The third-order valence-corrected chi connectivity index (χ3v) is 5.95. The molecule has 0 unspecified atom stereocenters. The molecule has 0 amide bonds. The Bertz CT molecular complexity index is 916. The van der Waals surface area contributed by atoms with Crippen molar-refractivity contribution in [1.82, 2.24) is 4.31 Å². The number of benzene rings is 2. The summed E-state index contributed by atoms with van der Waals surface area (Å²) in [6.45, 7) is -1.02. The van der Waals surface area contributed by atoms with Crippen LogP contribution in [0.5, 0.6) is 0 Å². The minimum atomic E-state index is -3.96. The molecule has 2 aromatic rings. The molecule has 0 radical (unpaired) electrons. The van der Waals surface area contributed by atoms with Crippen molar-refractivity contribution in [2.24, 2.45) is 0 Å². The van der Waals surface area contributed by atoms with Gasteiger partial charge in [-0.2, -0.15) is 4.31 Å². The number of Topliss-reactive ketones (excluding diaryl/α,β-unsaturated/α-hetero) is 1. The van der Waals surface area contributed by atoms with Crippen LogP contribution in [0.1, 0.15) is 10.4 Å². The fourth-order valence-corrected chi connectivity index (χ4v) is 3.49. The molecule has 0 saturated carbocycles. The Morgan fingerprint density at radius 2 is 1.69 bits per heavy atom. The lowest BCUT2D eigenvalue weighted by Gasteiger charge is -2.16. The van der Waals surface area contributed by atoms with Gasteiger partial charge in [0.25, 0.3) is 0 Å². The van der Waals surface area contributed by atoms with Crippen molar-refractivity contribution >= 4 is 45.0 Å². The number of carbonyl (C=O) groups excluding carboxylic acids is 2. The Morgan fingerprint density at radius 3 is 2.31 bits per heavy atom. The van der Waals surface area contributed by atoms with Crippen LogP contribution in [-0.4, -0.2) is 44.7 Å². The lowest BCUT2D eigenvalue weighted by Crippen LogP contribution is -2.33. The van der Waals surface area contributed by atoms with Gasteiger partial charge in [0, 0.05) is 12.6 Å². The van der Waals surface area contributed by atoms with E-state index in [1.54, 1.807) is 30.3 Å². The topological polar surface area (TPSA) is 80.8 Å². The normalized spacial score (nSPS) is 11.4. The van der Waals surface area contributed by atoms with E-state index >= 15 is 0 Å². The highest BCUT2D eigenvalue weighted by molar-refractivity contribution is 7.89. The lowest BCUT2D eigenvalue weighted by atomic mass is 10.1. The molecule has 6 nitrogen and oxygen atoms in total. The fourth-order valence-electron chi connectivity index (χ4n) is 1.98. The van der Waals surface area contributed by atoms with Crippen molar-refractivity contribution < 1.29 is 22.7 Å². The summed E-state index contributed by atoms with van der Waals surface area (Å²) in [4.78, 5) is 23.6. The second-order valence-corrected chi connectivity index (χ2v) is 8.15. The standard InChI is InChI=1S/C17H15Cl2NO5S/c1-20(26(23,24)13-7-8-14(18)15(19)9-13)10-17(22)25-11-16(21)12-5-3-2-4-6-12/h2-9H,10-11H2,1H3. The number of likely N-dealkylation sites (N-methyl/N-ethyl adjacent to an activating group) is 1. The average molecular weight is 416 g/mol. The second-order valence-electron chi connectivity index (χ2n) is 5.29. The van der Waals surface area contributed by atoms with Crippen molar-refractivity contribution in [3.05, 3.63) is 64.1 Å². The van der Waals surface area contributed by atoms with Gasteiger partial charge in [-0.15, -0.1) is 0 Å². The summed E-state index contributed by atoms with van der Waals surface area (Å²) in [6.07, 6.45) is 0. The summed E-state index contributed by atoms with van der Waals surface area (Å²) in [5.41, 5.74) is 0.400. The van der Waals surface area contributed by atoms with Crippen LogP contribution < -0.4 is 0 Å². The van der Waals surface area contributed by atoms with Crippen LogP contribution in [0.2, 0.25) is 10.0 Å². The zero-order valence-electron chi connectivity index (χ0n) is 13.7. The van der Waals surface area contributed by atoms with Crippen LogP contribution in [0.15, 0.2) is 53.4 Å². The summed E-state index contributed by atoms with van der Waals surface area (Å²) in [5, 5.41) is 0.296. The highest BCUT2D eigenvalue weighted by atomic mass is 35.5. The molecule has 9 heteroatoms. The number of rotatable bonds is 7. The summed E-state index contributed by atoms with van der Waals surface area (Å²) in [7, 11) is -2.74. The molecule has 0 fully saturated rings. The van der Waals surface area contributed by atoms with Crippen molar-refractivity contribution in [1.29, 1.82) is 0 Å². The number of ketones is 1. The third-order valence-electron chi connectivity index (χ3n) is 3.41. The average Bonchev–Trinajstić information content (AvgIpc) is 2.62. The number of nitrogens with zero attached hydrogens (tertiary/aromatic N) is 1. The molecular formula is C17H15Cl2NO5S. The van der Waals surface area contributed by atoms with E-state index in [0.717, 1.165) is 4.31 Å². The molecule has 2 aromatic carbocycles. The Morgan fingerprint density at radius 1 is 1.04 bits per heavy atom. The van der Waals surface area contributed by atoms with Crippen LogP contribution >= 0.6 is 23.2 Å². The van der Waals surface area contributed by atoms with Crippen molar-refractivity contribution in [2.75, 3.05) is 20.2 Å². The van der Waals surface area contributed by atoms with Gasteiger partial charge in [0.05, 0.1) is 14.9 Å². The summed E-state index contributed by atoms with van der Waals surface area (Å²) >= 11 is 11.6. The fraction of sp³-hybridized carbons (Fsp3) is 0.176. The number of sulfonamides is 1.